The second kappa shape index (κ2) is 9.22. The molecule has 0 N–H and O–H groups in total. The van der Waals surface area contributed by atoms with Crippen molar-refractivity contribution in [1.82, 2.24) is 9.91 Å². The van der Waals surface area contributed by atoms with Crippen LogP contribution in [0.25, 0.3) is 10.8 Å². The number of carbonyl (C=O) groups is 4. The molecule has 0 aliphatic carbocycles. The van der Waals surface area contributed by atoms with Gasteiger partial charge < -0.3 is 0 Å². The molecule has 2 heterocycles. The van der Waals surface area contributed by atoms with E-state index in [0.717, 1.165) is 36.4 Å². The Morgan fingerprint density at radius 2 is 1.08 bits per heavy atom. The minimum Gasteiger partial charge on any atom is -0.276 e. The van der Waals surface area contributed by atoms with Crippen LogP contribution in [0.5, 0.6) is 0 Å². The number of benzene rings is 3. The van der Waals surface area contributed by atoms with Crippen molar-refractivity contribution in [3.63, 3.8) is 0 Å². The van der Waals surface area contributed by atoms with Gasteiger partial charge in [0.25, 0.3) is 23.6 Å². The van der Waals surface area contributed by atoms with Crippen LogP contribution >= 0.6 is 0 Å². The number of nitrogens with zero attached hydrogens (tertiary/aromatic N) is 3. The van der Waals surface area contributed by atoms with Crippen LogP contribution in [0.15, 0.2) is 54.6 Å². The molecule has 2 aliphatic heterocycles. The number of hydrazine groups is 1. The van der Waals surface area contributed by atoms with E-state index in [0.29, 0.717) is 39.6 Å². The van der Waals surface area contributed by atoms with Crippen LogP contribution in [0.1, 0.15) is 87.9 Å². The Labute approximate surface area is 210 Å². The lowest BCUT2D eigenvalue weighted by molar-refractivity contribution is 0.0514. The first-order valence-corrected chi connectivity index (χ1v) is 12.6. The summed E-state index contributed by atoms with van der Waals surface area (Å²) in [5.41, 5.74) is 2.08. The zero-order chi connectivity index (χ0) is 25.6. The number of rotatable bonds is 8. The third-order valence-electron chi connectivity index (χ3n) is 7.11. The summed E-state index contributed by atoms with van der Waals surface area (Å²) < 4.78 is 0. The lowest BCUT2D eigenvalue weighted by Crippen LogP contribution is -2.52. The van der Waals surface area contributed by atoms with Crippen LogP contribution in [-0.4, -0.2) is 46.1 Å². The topological polar surface area (TPSA) is 78.0 Å². The summed E-state index contributed by atoms with van der Waals surface area (Å²) >= 11 is 0. The van der Waals surface area contributed by atoms with Gasteiger partial charge in [-0.25, -0.2) is 0 Å². The van der Waals surface area contributed by atoms with E-state index in [-0.39, 0.29) is 17.9 Å². The van der Waals surface area contributed by atoms with Gasteiger partial charge >= 0.3 is 0 Å². The van der Waals surface area contributed by atoms with Crippen molar-refractivity contribution in [2.24, 2.45) is 0 Å². The average molecular weight is 484 g/mol. The second-order valence-corrected chi connectivity index (χ2v) is 9.26. The predicted octanol–water partition coefficient (Wildman–Crippen LogP) is 5.44. The van der Waals surface area contributed by atoms with Crippen molar-refractivity contribution in [3.05, 3.63) is 76.9 Å². The van der Waals surface area contributed by atoms with Gasteiger partial charge in [-0.1, -0.05) is 44.9 Å². The number of amides is 4. The average Bonchev–Trinajstić information content (AvgIpc) is 2.89. The standard InChI is InChI=1S/C29H29N3O4/c1-4-10-19(11-5-2)31-26(33)20-14-16-22-25-23(17-15-21(24(20)25)27(31)34)29(36)32(28(22)35)30(6-3)18-12-8-7-9-13-18/h7-9,12-17,19H,4-6,10-11H2,1-3H3. The molecule has 0 fully saturated rings. The van der Waals surface area contributed by atoms with E-state index >= 15 is 0 Å². The van der Waals surface area contributed by atoms with Gasteiger partial charge in [0.15, 0.2) is 0 Å². The van der Waals surface area contributed by atoms with Crippen molar-refractivity contribution >= 4 is 40.1 Å². The molecule has 0 radical (unpaired) electrons. The fourth-order valence-electron chi connectivity index (χ4n) is 5.54. The maximum atomic E-state index is 13.7. The molecule has 2 aliphatic rings. The fourth-order valence-corrected chi connectivity index (χ4v) is 5.54. The molecule has 0 atom stereocenters. The molecule has 0 bridgehead atoms. The van der Waals surface area contributed by atoms with Crippen LogP contribution in [0, 0.1) is 0 Å². The van der Waals surface area contributed by atoms with Crippen LogP contribution in [-0.2, 0) is 0 Å². The van der Waals surface area contributed by atoms with Crippen molar-refractivity contribution in [1.29, 1.82) is 0 Å². The maximum absolute atomic E-state index is 13.7. The Morgan fingerprint density at radius 3 is 1.50 bits per heavy atom. The van der Waals surface area contributed by atoms with Gasteiger partial charge in [-0.2, -0.15) is 5.01 Å². The number of para-hydroxylation sites is 1. The van der Waals surface area contributed by atoms with E-state index in [2.05, 4.69) is 0 Å². The summed E-state index contributed by atoms with van der Waals surface area (Å²) in [7, 11) is 0. The number of anilines is 1. The predicted molar refractivity (Wildman–Crippen MR) is 138 cm³/mol. The largest absolute Gasteiger partial charge is 0.280 e. The lowest BCUT2D eigenvalue weighted by Gasteiger charge is -2.38. The summed E-state index contributed by atoms with van der Waals surface area (Å²) in [6.07, 6.45) is 3.18. The Morgan fingerprint density at radius 1 is 0.639 bits per heavy atom. The van der Waals surface area contributed by atoms with Gasteiger partial charge in [-0.15, -0.1) is 0 Å². The Hall–Kier alpha value is -4.00. The van der Waals surface area contributed by atoms with Crippen LogP contribution < -0.4 is 5.01 Å². The molecule has 3 aromatic rings. The molecule has 0 saturated heterocycles. The molecule has 5 rings (SSSR count). The van der Waals surface area contributed by atoms with Crippen LogP contribution in [0.4, 0.5) is 5.69 Å². The summed E-state index contributed by atoms with van der Waals surface area (Å²) in [5.74, 6) is -1.66. The Kier molecular flexibility index (Phi) is 6.08. The van der Waals surface area contributed by atoms with Gasteiger partial charge in [0, 0.05) is 34.5 Å². The molecule has 3 aromatic carbocycles. The van der Waals surface area contributed by atoms with Crippen LogP contribution in [0.3, 0.4) is 0 Å². The van der Waals surface area contributed by atoms with Crippen molar-refractivity contribution in [3.8, 4) is 0 Å². The van der Waals surface area contributed by atoms with Crippen molar-refractivity contribution in [2.45, 2.75) is 52.5 Å². The highest BCUT2D eigenvalue weighted by Gasteiger charge is 2.42. The van der Waals surface area contributed by atoms with Gasteiger partial charge in [0.1, 0.15) is 0 Å². The lowest BCUT2D eigenvalue weighted by atomic mass is 9.85. The molecule has 7 nitrogen and oxygen atoms in total. The molecular weight excluding hydrogens is 454 g/mol. The van der Waals surface area contributed by atoms with E-state index in [9.17, 15) is 19.2 Å². The molecule has 7 heteroatoms. The fraction of sp³-hybridized carbons (Fsp3) is 0.310. The van der Waals surface area contributed by atoms with Gasteiger partial charge in [-0.3, -0.25) is 29.1 Å². The van der Waals surface area contributed by atoms with Crippen molar-refractivity contribution in [2.75, 3.05) is 11.6 Å². The molecular formula is C29H29N3O4. The summed E-state index contributed by atoms with van der Waals surface area (Å²) in [6, 6.07) is 15.6. The molecule has 0 unspecified atom stereocenters. The minimum absolute atomic E-state index is 0.182. The summed E-state index contributed by atoms with van der Waals surface area (Å²) in [5, 5.41) is 3.61. The molecule has 0 saturated carbocycles. The van der Waals surface area contributed by atoms with E-state index in [4.69, 9.17) is 0 Å². The monoisotopic (exact) mass is 483 g/mol. The first kappa shape index (κ1) is 23.7. The number of imide groups is 2. The highest BCUT2D eigenvalue weighted by molar-refractivity contribution is 6.33. The zero-order valence-corrected chi connectivity index (χ0v) is 20.8. The molecule has 0 spiro atoms. The Balaban J connectivity index is 1.66. The smallest absolute Gasteiger partial charge is 0.276 e. The maximum Gasteiger partial charge on any atom is 0.280 e. The second-order valence-electron chi connectivity index (χ2n) is 9.26. The number of carbonyl (C=O) groups excluding carboxylic acids is 4. The third kappa shape index (κ3) is 3.41. The summed E-state index contributed by atoms with van der Waals surface area (Å²) in [4.78, 5) is 56.0. The van der Waals surface area contributed by atoms with E-state index in [1.807, 2.05) is 51.1 Å². The molecule has 36 heavy (non-hydrogen) atoms. The van der Waals surface area contributed by atoms with Gasteiger partial charge in [0.2, 0.25) is 0 Å². The van der Waals surface area contributed by atoms with E-state index in [1.165, 1.54) is 4.90 Å². The van der Waals surface area contributed by atoms with Crippen molar-refractivity contribution < 1.29 is 19.2 Å². The number of hydrogen-bond acceptors (Lipinski definition) is 5. The van der Waals surface area contributed by atoms with Crippen LogP contribution in [0.2, 0.25) is 0 Å². The Bertz CT molecular complexity index is 1320. The minimum atomic E-state index is -0.473. The third-order valence-corrected chi connectivity index (χ3v) is 7.11. The number of hydrogen-bond donors (Lipinski definition) is 0. The molecule has 0 aromatic heterocycles. The van der Waals surface area contributed by atoms with E-state index < -0.39 is 11.8 Å². The molecule has 4 amide bonds. The first-order valence-electron chi connectivity index (χ1n) is 12.6. The van der Waals surface area contributed by atoms with Gasteiger partial charge in [0.05, 0.1) is 16.8 Å². The SMILES string of the molecule is CCCC(CCC)N1C(=O)c2ccc3c4c(ccc(c24)C1=O)C(=O)N(N(CC)c1ccccc1)C3=O. The highest BCUT2D eigenvalue weighted by Crippen LogP contribution is 2.39. The van der Waals surface area contributed by atoms with Gasteiger partial charge in [-0.05, 0) is 56.2 Å². The normalized spacial score (nSPS) is 14.9. The molecule has 184 valence electrons. The highest BCUT2D eigenvalue weighted by atomic mass is 16.2. The quantitative estimate of drug-likeness (QED) is 0.399. The zero-order valence-electron chi connectivity index (χ0n) is 20.8. The first-order chi connectivity index (χ1) is 17.4. The summed E-state index contributed by atoms with van der Waals surface area (Å²) in [6.45, 7) is 6.36. The van der Waals surface area contributed by atoms with E-state index in [1.54, 1.807) is 29.3 Å².